The van der Waals surface area contributed by atoms with Crippen molar-refractivity contribution in [2.75, 3.05) is 25.0 Å². The van der Waals surface area contributed by atoms with Crippen LogP contribution in [0.1, 0.15) is 20.3 Å². The molecule has 8 heteroatoms. The van der Waals surface area contributed by atoms with Crippen LogP contribution in [0.15, 0.2) is 29.2 Å². The van der Waals surface area contributed by atoms with E-state index in [1.54, 1.807) is 0 Å². The van der Waals surface area contributed by atoms with Crippen molar-refractivity contribution in [3.05, 3.63) is 24.3 Å². The zero-order valence-corrected chi connectivity index (χ0v) is 14.3. The van der Waals surface area contributed by atoms with E-state index in [-0.39, 0.29) is 28.8 Å². The molecule has 5 N–H and O–H groups in total. The van der Waals surface area contributed by atoms with Gasteiger partial charge in [-0.25, -0.2) is 13.6 Å². The van der Waals surface area contributed by atoms with Crippen molar-refractivity contribution < 1.29 is 13.2 Å². The van der Waals surface area contributed by atoms with Gasteiger partial charge in [-0.3, -0.25) is 9.69 Å². The van der Waals surface area contributed by atoms with E-state index in [9.17, 15) is 13.2 Å². The highest BCUT2D eigenvalue weighted by atomic mass is 32.2. The first-order valence-electron chi connectivity index (χ1n) is 7.48. The van der Waals surface area contributed by atoms with E-state index in [4.69, 9.17) is 10.9 Å². The van der Waals surface area contributed by atoms with Crippen LogP contribution in [-0.2, 0) is 14.8 Å². The van der Waals surface area contributed by atoms with Crippen molar-refractivity contribution in [3.8, 4) is 0 Å². The minimum atomic E-state index is -3.72. The quantitative estimate of drug-likeness (QED) is 0.730. The van der Waals surface area contributed by atoms with Crippen molar-refractivity contribution in [1.29, 1.82) is 0 Å². The van der Waals surface area contributed by atoms with Gasteiger partial charge in [-0.2, -0.15) is 0 Å². The van der Waals surface area contributed by atoms with Gasteiger partial charge in [0.15, 0.2) is 0 Å². The fraction of sp³-hybridized carbons (Fsp3) is 0.533. The highest BCUT2D eigenvalue weighted by Crippen LogP contribution is 2.27. The third-order valence-corrected chi connectivity index (χ3v) is 5.15. The fourth-order valence-electron chi connectivity index (χ4n) is 2.75. The number of nitrogens with one attached hydrogen (secondary N) is 1. The first-order valence-corrected chi connectivity index (χ1v) is 9.03. The highest BCUT2D eigenvalue weighted by molar-refractivity contribution is 7.89. The first kappa shape index (κ1) is 17.9. The Labute approximate surface area is 137 Å². The monoisotopic (exact) mass is 340 g/mol. The lowest BCUT2D eigenvalue weighted by molar-refractivity contribution is -0.118. The summed E-state index contributed by atoms with van der Waals surface area (Å²) in [5.74, 6) is -0.139. The number of hydrogen-bond acceptors (Lipinski definition) is 5. The van der Waals surface area contributed by atoms with Crippen LogP contribution in [0, 0.1) is 5.41 Å². The number of rotatable bonds is 4. The molecule has 1 saturated heterocycles. The number of benzene rings is 1. The second-order valence-electron chi connectivity index (χ2n) is 6.71. The van der Waals surface area contributed by atoms with Crippen molar-refractivity contribution in [2.24, 2.45) is 16.3 Å². The zero-order valence-electron chi connectivity index (χ0n) is 13.5. The van der Waals surface area contributed by atoms with E-state index < -0.39 is 10.0 Å². The van der Waals surface area contributed by atoms with Gasteiger partial charge in [-0.1, -0.05) is 13.8 Å². The molecule has 0 saturated carbocycles. The van der Waals surface area contributed by atoms with E-state index in [0.29, 0.717) is 5.69 Å². The first-order chi connectivity index (χ1) is 10.6. The molecule has 1 atom stereocenters. The van der Waals surface area contributed by atoms with Crippen LogP contribution < -0.4 is 16.2 Å². The molecule has 0 spiro atoms. The summed E-state index contributed by atoms with van der Waals surface area (Å²) in [5.41, 5.74) is 6.61. The fourth-order valence-corrected chi connectivity index (χ4v) is 3.27. The number of likely N-dealkylation sites (tertiary alicyclic amines) is 1. The molecule has 1 aliphatic rings. The maximum absolute atomic E-state index is 12.1. The molecule has 1 unspecified atom stereocenters. The van der Waals surface area contributed by atoms with Crippen molar-refractivity contribution in [3.63, 3.8) is 0 Å². The van der Waals surface area contributed by atoms with E-state index in [1.807, 2.05) is 0 Å². The standard InChI is InChI=1S/C15H24N4O3S/c1-15(2)10-19(8-7-13(15)16)9-14(20)18-11-3-5-12(6-4-11)23(17,21)22/h3-6,13H,7-10,16H2,1-2H3,(H,18,20)(H2,17,21,22). The SMILES string of the molecule is CC1(C)CN(CC(=O)Nc2ccc(S(N)(=O)=O)cc2)CCC1N. The van der Waals surface area contributed by atoms with Gasteiger partial charge in [-0.15, -0.1) is 0 Å². The molecular formula is C15H24N4O3S. The van der Waals surface area contributed by atoms with Gasteiger partial charge in [0.2, 0.25) is 15.9 Å². The van der Waals surface area contributed by atoms with Gasteiger partial charge in [0.1, 0.15) is 0 Å². The van der Waals surface area contributed by atoms with Crippen molar-refractivity contribution >= 4 is 21.6 Å². The molecule has 0 radical (unpaired) electrons. The molecular weight excluding hydrogens is 316 g/mol. The Balaban J connectivity index is 1.93. The van der Waals surface area contributed by atoms with E-state index in [0.717, 1.165) is 19.5 Å². The molecule has 128 valence electrons. The second kappa shape index (κ2) is 6.56. The molecule has 23 heavy (non-hydrogen) atoms. The van der Waals surface area contributed by atoms with Gasteiger partial charge >= 0.3 is 0 Å². The van der Waals surface area contributed by atoms with Gasteiger partial charge in [0, 0.05) is 24.8 Å². The topological polar surface area (TPSA) is 119 Å². The largest absolute Gasteiger partial charge is 0.327 e. The lowest BCUT2D eigenvalue weighted by atomic mass is 9.80. The minimum Gasteiger partial charge on any atom is -0.327 e. The molecule has 1 fully saturated rings. The lowest BCUT2D eigenvalue weighted by Gasteiger charge is -2.42. The summed E-state index contributed by atoms with van der Waals surface area (Å²) in [4.78, 5) is 14.2. The summed E-state index contributed by atoms with van der Waals surface area (Å²) in [5, 5.41) is 7.80. The van der Waals surface area contributed by atoms with Crippen LogP contribution >= 0.6 is 0 Å². The minimum absolute atomic E-state index is 0.0160. The van der Waals surface area contributed by atoms with E-state index in [1.165, 1.54) is 24.3 Å². The Morgan fingerprint density at radius 2 is 1.96 bits per heavy atom. The van der Waals surface area contributed by atoms with E-state index in [2.05, 4.69) is 24.1 Å². The molecule has 7 nitrogen and oxygen atoms in total. The summed E-state index contributed by atoms with van der Waals surface area (Å²) in [7, 11) is -3.72. The van der Waals surface area contributed by atoms with Gasteiger partial charge in [-0.05, 0) is 36.1 Å². The number of sulfonamides is 1. The maximum atomic E-state index is 12.1. The third-order valence-electron chi connectivity index (χ3n) is 4.23. The number of primary sulfonamides is 1. The number of hydrogen-bond donors (Lipinski definition) is 3. The van der Waals surface area contributed by atoms with Crippen LogP contribution in [-0.4, -0.2) is 44.9 Å². The van der Waals surface area contributed by atoms with Crippen LogP contribution in [0.4, 0.5) is 5.69 Å². The normalized spacial score (nSPS) is 21.8. The van der Waals surface area contributed by atoms with Crippen LogP contribution in [0.3, 0.4) is 0 Å². The van der Waals surface area contributed by atoms with Gasteiger partial charge < -0.3 is 11.1 Å². The number of nitrogens with two attached hydrogens (primary N) is 2. The zero-order chi connectivity index (χ0) is 17.3. The number of carbonyl (C=O) groups excluding carboxylic acids is 1. The second-order valence-corrected chi connectivity index (χ2v) is 8.27. The Morgan fingerprint density at radius 1 is 1.35 bits per heavy atom. The number of anilines is 1. The van der Waals surface area contributed by atoms with Gasteiger partial charge in [0.05, 0.1) is 11.4 Å². The molecule has 1 aliphatic heterocycles. The average Bonchev–Trinajstić information content (AvgIpc) is 2.42. The molecule has 0 aromatic heterocycles. The molecule has 1 aromatic carbocycles. The Bertz CT molecular complexity index is 670. The summed E-state index contributed by atoms with van der Waals surface area (Å²) in [6.45, 7) is 6.06. The van der Waals surface area contributed by atoms with Crippen molar-refractivity contribution in [1.82, 2.24) is 4.90 Å². The number of amides is 1. The Morgan fingerprint density at radius 3 is 2.48 bits per heavy atom. The maximum Gasteiger partial charge on any atom is 0.238 e. The molecule has 0 bridgehead atoms. The summed E-state index contributed by atoms with van der Waals surface area (Å²) in [6.07, 6.45) is 0.864. The van der Waals surface area contributed by atoms with Crippen LogP contribution in [0.25, 0.3) is 0 Å². The summed E-state index contributed by atoms with van der Waals surface area (Å²) >= 11 is 0. The van der Waals surface area contributed by atoms with Crippen molar-refractivity contribution in [2.45, 2.75) is 31.2 Å². The third kappa shape index (κ3) is 4.74. The number of piperidine rings is 1. The molecule has 1 aromatic rings. The van der Waals surface area contributed by atoms with Crippen LogP contribution in [0.2, 0.25) is 0 Å². The Hall–Kier alpha value is -1.48. The van der Waals surface area contributed by atoms with Crippen LogP contribution in [0.5, 0.6) is 0 Å². The smallest absolute Gasteiger partial charge is 0.238 e. The molecule has 0 aliphatic carbocycles. The highest BCUT2D eigenvalue weighted by Gasteiger charge is 2.33. The summed E-state index contributed by atoms with van der Waals surface area (Å²) < 4.78 is 22.4. The van der Waals surface area contributed by atoms with Gasteiger partial charge in [0.25, 0.3) is 0 Å². The molecule has 1 heterocycles. The molecule has 2 rings (SSSR count). The number of nitrogens with zero attached hydrogens (tertiary/aromatic N) is 1. The Kier molecular flexibility index (Phi) is 5.10. The molecule has 1 amide bonds. The summed E-state index contributed by atoms with van der Waals surface area (Å²) in [6, 6.07) is 5.93. The predicted molar refractivity (Wildman–Crippen MR) is 89.3 cm³/mol. The number of carbonyl (C=O) groups is 1. The average molecular weight is 340 g/mol. The lowest BCUT2D eigenvalue weighted by Crippen LogP contribution is -2.53. The predicted octanol–water partition coefficient (Wildman–Crippen LogP) is 0.332. The van der Waals surface area contributed by atoms with E-state index >= 15 is 0 Å².